The van der Waals surface area contributed by atoms with Crippen LogP contribution in [0.4, 0.5) is 0 Å². The second kappa shape index (κ2) is 18.0. The summed E-state index contributed by atoms with van der Waals surface area (Å²) in [6, 6.07) is 41.3. The van der Waals surface area contributed by atoms with Gasteiger partial charge in [0.2, 0.25) is 0 Å². The zero-order valence-electron chi connectivity index (χ0n) is 34.8. The van der Waals surface area contributed by atoms with E-state index in [9.17, 15) is 4.79 Å². The van der Waals surface area contributed by atoms with Crippen LogP contribution < -0.4 is 0 Å². The first kappa shape index (κ1) is 42.2. The highest BCUT2D eigenvalue weighted by atomic mass is 35.5. The fourth-order valence-corrected chi connectivity index (χ4v) is 10.5. The Hall–Kier alpha value is -5.75. The van der Waals surface area contributed by atoms with E-state index in [1.807, 2.05) is 72.8 Å². The van der Waals surface area contributed by atoms with Crippen molar-refractivity contribution in [1.82, 2.24) is 0 Å². The van der Waals surface area contributed by atoms with Gasteiger partial charge < -0.3 is 14.2 Å². The van der Waals surface area contributed by atoms with Gasteiger partial charge in [-0.1, -0.05) is 180 Å². The van der Waals surface area contributed by atoms with E-state index in [-0.39, 0.29) is 25.7 Å². The van der Waals surface area contributed by atoms with Crippen LogP contribution in [-0.4, -0.2) is 5.97 Å². The molecule has 8 heteroatoms. The molecule has 0 unspecified atom stereocenters. The van der Waals surface area contributed by atoms with E-state index in [0.29, 0.717) is 18.4 Å². The molecule has 10 rings (SSSR count). The van der Waals surface area contributed by atoms with Crippen molar-refractivity contribution < 1.29 is 19.0 Å². The lowest BCUT2D eigenvalue weighted by Crippen LogP contribution is -2.21. The van der Waals surface area contributed by atoms with Gasteiger partial charge in [0, 0.05) is 27.8 Å². The minimum absolute atomic E-state index is 0.00614. The van der Waals surface area contributed by atoms with Gasteiger partial charge in [-0.05, 0) is 109 Å². The van der Waals surface area contributed by atoms with Gasteiger partial charge in [0.15, 0.2) is 5.60 Å². The number of ether oxygens (including phenoxy) is 3. The standard InChI is InChI=1S/C56H42Cl4O4/c57-49-47-48(50(58)52(60)51(49)59)56(64-55(47)61,31-15-27-39-25-13-29-41-43(35-17-5-1-6-18-35)33-45(62-53(39)41)37-21-9-3-10-22-37)32-16-28-40-26-14-30-42-44(36-19-7-2-8-20-36)34-46(63-54(40)42)38-23-11-4-12-24-38/h1-12,15-24,31-34H,13-14,25-30H2. The van der Waals surface area contributed by atoms with Crippen LogP contribution >= 0.6 is 46.4 Å². The van der Waals surface area contributed by atoms with Crippen molar-refractivity contribution >= 4 is 75.0 Å². The lowest BCUT2D eigenvalue weighted by Gasteiger charge is -2.30. The molecular formula is C56H42Cl4O4. The molecule has 5 aliphatic rings. The van der Waals surface area contributed by atoms with Crippen molar-refractivity contribution in [3.05, 3.63) is 245 Å². The smallest absolute Gasteiger partial charge is 0.341 e. The fourth-order valence-electron chi connectivity index (χ4n) is 9.45. The average Bonchev–Trinajstić information content (AvgIpc) is 3.64. The van der Waals surface area contributed by atoms with Gasteiger partial charge in [0.25, 0.3) is 0 Å². The summed E-state index contributed by atoms with van der Waals surface area (Å²) in [5.41, 5.74) is 10.3. The predicted molar refractivity (Wildman–Crippen MR) is 261 cm³/mol. The first-order valence-electron chi connectivity index (χ1n) is 21.7. The van der Waals surface area contributed by atoms with E-state index in [1.54, 1.807) is 0 Å². The number of benzene rings is 5. The monoisotopic (exact) mass is 918 g/mol. The molecule has 0 atom stereocenters. The molecule has 0 aromatic heterocycles. The lowest BCUT2D eigenvalue weighted by molar-refractivity contribution is 0.0296. The predicted octanol–water partition coefficient (Wildman–Crippen LogP) is 16.5. The number of allylic oxidation sites excluding steroid dienone is 10. The maximum Gasteiger partial charge on any atom is 0.341 e. The Morgan fingerprint density at radius 3 is 1.34 bits per heavy atom. The zero-order valence-corrected chi connectivity index (χ0v) is 37.8. The number of cyclic esters (lactones) is 1. The summed E-state index contributed by atoms with van der Waals surface area (Å²) < 4.78 is 20.0. The van der Waals surface area contributed by atoms with Crippen LogP contribution in [0.1, 0.15) is 89.5 Å². The molecule has 0 amide bonds. The lowest BCUT2D eigenvalue weighted by atomic mass is 9.83. The molecule has 64 heavy (non-hydrogen) atoms. The summed E-state index contributed by atoms with van der Waals surface area (Å²) in [6.07, 6.45) is 18.7. The Morgan fingerprint density at radius 1 is 0.500 bits per heavy atom. The van der Waals surface area contributed by atoms with E-state index >= 15 is 0 Å². The molecule has 0 saturated carbocycles. The Labute approximate surface area is 393 Å². The third-order valence-electron chi connectivity index (χ3n) is 12.5. The quantitative estimate of drug-likeness (QED) is 0.0606. The Bertz CT molecular complexity index is 2780. The number of hydrogen-bond acceptors (Lipinski definition) is 4. The summed E-state index contributed by atoms with van der Waals surface area (Å²) in [7, 11) is 0. The van der Waals surface area contributed by atoms with Gasteiger partial charge in [-0.3, -0.25) is 0 Å². The zero-order chi connectivity index (χ0) is 43.8. The molecule has 5 aromatic rings. The highest BCUT2D eigenvalue weighted by molar-refractivity contribution is 6.53. The highest BCUT2D eigenvalue weighted by Crippen LogP contribution is 2.53. The number of carbonyl (C=O) groups excluding carboxylic acids is 1. The van der Waals surface area contributed by atoms with Gasteiger partial charge in [-0.2, -0.15) is 0 Å². The fraction of sp³-hybridized carbons (Fsp3) is 0.161. The Kier molecular flexibility index (Phi) is 11.9. The number of halogens is 4. The van der Waals surface area contributed by atoms with E-state index in [2.05, 4.69) is 84.9 Å². The second-order valence-electron chi connectivity index (χ2n) is 16.4. The van der Waals surface area contributed by atoms with Crippen LogP contribution in [-0.2, 0) is 19.8 Å². The largest absolute Gasteiger partial charge is 0.456 e. The second-order valence-corrected chi connectivity index (χ2v) is 18.0. The van der Waals surface area contributed by atoms with Gasteiger partial charge in [-0.25, -0.2) is 4.79 Å². The molecule has 5 aromatic carbocycles. The molecule has 0 N–H and O–H groups in total. The van der Waals surface area contributed by atoms with E-state index < -0.39 is 11.6 Å². The van der Waals surface area contributed by atoms with Crippen molar-refractivity contribution in [1.29, 1.82) is 0 Å². The van der Waals surface area contributed by atoms with Crippen molar-refractivity contribution in [2.75, 3.05) is 0 Å². The topological polar surface area (TPSA) is 44.8 Å². The highest BCUT2D eigenvalue weighted by Gasteiger charge is 2.47. The molecule has 0 saturated heterocycles. The summed E-state index contributed by atoms with van der Waals surface area (Å²) in [6.45, 7) is 0. The van der Waals surface area contributed by atoms with Crippen LogP contribution in [0.25, 0.3) is 22.7 Å². The van der Waals surface area contributed by atoms with E-state index in [4.69, 9.17) is 60.6 Å². The molecule has 0 radical (unpaired) electrons. The summed E-state index contributed by atoms with van der Waals surface area (Å²) in [4.78, 5) is 13.9. The molecule has 0 spiro atoms. The molecule has 3 heterocycles. The third-order valence-corrected chi connectivity index (χ3v) is 14.3. The van der Waals surface area contributed by atoms with Crippen LogP contribution in [0, 0.1) is 0 Å². The molecular weight excluding hydrogens is 878 g/mol. The molecule has 318 valence electrons. The minimum atomic E-state index is -1.44. The molecule has 3 aliphatic heterocycles. The van der Waals surface area contributed by atoms with Gasteiger partial charge in [-0.15, -0.1) is 0 Å². The SMILES string of the molecule is O=C1OC(C=CCC2=C3OC(c4ccccc4)=CC(c4ccccc4)=C3CCC2)(C=CCC2=C3OC(c4ccccc4)=CC(c4ccccc4)=C3CCC2)c2c(Cl)c(Cl)c(Cl)c(Cl)c21. The summed E-state index contributed by atoms with van der Waals surface area (Å²) in [5, 5.41) is 0.186. The number of rotatable bonds is 10. The molecule has 2 aliphatic carbocycles. The van der Waals surface area contributed by atoms with Crippen molar-refractivity contribution in [2.45, 2.75) is 57.0 Å². The minimum Gasteiger partial charge on any atom is -0.456 e. The Morgan fingerprint density at radius 2 is 0.906 bits per heavy atom. The molecule has 0 bridgehead atoms. The van der Waals surface area contributed by atoms with Crippen LogP contribution in [0.15, 0.2) is 192 Å². The van der Waals surface area contributed by atoms with E-state index in [1.165, 1.54) is 11.1 Å². The van der Waals surface area contributed by atoms with Crippen LogP contribution in [0.3, 0.4) is 0 Å². The van der Waals surface area contributed by atoms with Gasteiger partial charge >= 0.3 is 5.97 Å². The van der Waals surface area contributed by atoms with Crippen molar-refractivity contribution in [2.24, 2.45) is 0 Å². The number of hydrogen-bond donors (Lipinski definition) is 0. The normalized spacial score (nSPS) is 19.6. The summed E-state index contributed by atoms with van der Waals surface area (Å²) >= 11 is 27.1. The Balaban J connectivity index is 1.04. The molecule has 4 nitrogen and oxygen atoms in total. The van der Waals surface area contributed by atoms with Crippen molar-refractivity contribution in [3.63, 3.8) is 0 Å². The van der Waals surface area contributed by atoms with Gasteiger partial charge in [0.1, 0.15) is 23.0 Å². The maximum atomic E-state index is 13.9. The first-order valence-corrected chi connectivity index (χ1v) is 23.2. The van der Waals surface area contributed by atoms with Gasteiger partial charge in [0.05, 0.1) is 25.7 Å². The molecule has 0 fully saturated rings. The van der Waals surface area contributed by atoms with E-state index in [0.717, 1.165) is 106 Å². The summed E-state index contributed by atoms with van der Waals surface area (Å²) in [5.74, 6) is 2.74. The first-order chi connectivity index (χ1) is 31.3. The average molecular weight is 921 g/mol. The number of carbonyl (C=O) groups is 1. The number of fused-ring (bicyclic) bond motifs is 3. The number of esters is 1. The van der Waals surface area contributed by atoms with Crippen LogP contribution in [0.2, 0.25) is 20.1 Å². The van der Waals surface area contributed by atoms with Crippen molar-refractivity contribution in [3.8, 4) is 0 Å². The van der Waals surface area contributed by atoms with Crippen LogP contribution in [0.5, 0.6) is 0 Å². The third kappa shape index (κ3) is 7.92. The maximum absolute atomic E-state index is 13.9.